The number of rotatable bonds is 5. The average Bonchev–Trinajstić information content (AvgIpc) is 2.64. The highest BCUT2D eigenvalue weighted by Gasteiger charge is 2.29. The Morgan fingerprint density at radius 1 is 1.25 bits per heavy atom. The number of anilines is 2. The molecule has 6 nitrogen and oxygen atoms in total. The zero-order valence-electron chi connectivity index (χ0n) is 15.9. The number of thioether (sulfide) groups is 1. The summed E-state index contributed by atoms with van der Waals surface area (Å²) < 4.78 is 25.8. The predicted molar refractivity (Wildman–Crippen MR) is 111 cm³/mol. The van der Waals surface area contributed by atoms with Crippen molar-refractivity contribution in [1.29, 1.82) is 0 Å². The first-order valence-corrected chi connectivity index (χ1v) is 11.3. The number of carbonyl (C=O) groups excluding carboxylic acids is 2. The summed E-state index contributed by atoms with van der Waals surface area (Å²) in [6.45, 7) is 5.18. The van der Waals surface area contributed by atoms with Crippen LogP contribution in [0.3, 0.4) is 0 Å². The number of carbonyl (C=O) groups is 2. The standard InChI is InChI=1S/C20H22N2O4S2/c1-12-6-4-5-7-16(12)21-19(23)10-13(2)28(25,26)15-8-9-18-17(11-15)22-20(24)14(3)27-18/h4-9,11,13-14H,10H2,1-3H3,(H,21,23)(H,22,24)/t13-,14-/m1/s1. The van der Waals surface area contributed by atoms with Gasteiger partial charge in [0.25, 0.3) is 0 Å². The van der Waals surface area contributed by atoms with Gasteiger partial charge in [0, 0.05) is 17.0 Å². The highest BCUT2D eigenvalue weighted by molar-refractivity contribution is 8.01. The molecule has 0 aliphatic carbocycles. The first-order valence-electron chi connectivity index (χ1n) is 8.89. The lowest BCUT2D eigenvalue weighted by Gasteiger charge is -2.22. The fraction of sp³-hybridized carbons (Fsp3) is 0.300. The van der Waals surface area contributed by atoms with Gasteiger partial charge in [0.15, 0.2) is 9.84 Å². The minimum absolute atomic E-state index is 0.0953. The third-order valence-electron chi connectivity index (χ3n) is 4.63. The highest BCUT2D eigenvalue weighted by Crippen LogP contribution is 2.37. The summed E-state index contributed by atoms with van der Waals surface area (Å²) in [6, 6.07) is 12.0. The minimum Gasteiger partial charge on any atom is -0.326 e. The lowest BCUT2D eigenvalue weighted by Crippen LogP contribution is -2.27. The molecule has 2 aromatic rings. The molecule has 148 valence electrons. The molecule has 28 heavy (non-hydrogen) atoms. The van der Waals surface area contributed by atoms with E-state index in [0.717, 1.165) is 10.5 Å². The molecule has 0 unspecified atom stereocenters. The maximum atomic E-state index is 12.9. The van der Waals surface area contributed by atoms with Crippen molar-refractivity contribution < 1.29 is 18.0 Å². The topological polar surface area (TPSA) is 92.3 Å². The number of sulfone groups is 1. The number of hydrogen-bond donors (Lipinski definition) is 2. The Morgan fingerprint density at radius 3 is 2.68 bits per heavy atom. The van der Waals surface area contributed by atoms with Crippen molar-refractivity contribution >= 4 is 44.8 Å². The lowest BCUT2D eigenvalue weighted by atomic mass is 10.2. The second kappa shape index (κ2) is 7.97. The molecule has 1 aliphatic rings. The second-order valence-electron chi connectivity index (χ2n) is 6.83. The van der Waals surface area contributed by atoms with Crippen LogP contribution in [0.25, 0.3) is 0 Å². The van der Waals surface area contributed by atoms with E-state index in [2.05, 4.69) is 10.6 Å². The van der Waals surface area contributed by atoms with E-state index in [4.69, 9.17) is 0 Å². The van der Waals surface area contributed by atoms with Crippen molar-refractivity contribution in [2.45, 2.75) is 47.5 Å². The van der Waals surface area contributed by atoms with Crippen molar-refractivity contribution in [2.24, 2.45) is 0 Å². The smallest absolute Gasteiger partial charge is 0.237 e. The Morgan fingerprint density at radius 2 is 1.96 bits per heavy atom. The fourth-order valence-corrected chi connectivity index (χ4v) is 5.19. The molecule has 0 aromatic heterocycles. The summed E-state index contributed by atoms with van der Waals surface area (Å²) in [5.41, 5.74) is 2.06. The molecule has 0 spiro atoms. The van der Waals surface area contributed by atoms with Gasteiger partial charge in [-0.25, -0.2) is 8.42 Å². The van der Waals surface area contributed by atoms with E-state index in [1.807, 2.05) is 25.1 Å². The van der Waals surface area contributed by atoms with Crippen molar-refractivity contribution in [2.75, 3.05) is 10.6 Å². The van der Waals surface area contributed by atoms with Crippen LogP contribution in [0.1, 0.15) is 25.8 Å². The third-order valence-corrected chi connectivity index (χ3v) is 7.95. The van der Waals surface area contributed by atoms with Crippen LogP contribution >= 0.6 is 11.8 Å². The van der Waals surface area contributed by atoms with Crippen molar-refractivity contribution in [3.63, 3.8) is 0 Å². The molecule has 3 rings (SSSR count). The largest absolute Gasteiger partial charge is 0.326 e. The number of benzene rings is 2. The van der Waals surface area contributed by atoms with E-state index >= 15 is 0 Å². The van der Waals surface area contributed by atoms with E-state index in [9.17, 15) is 18.0 Å². The van der Waals surface area contributed by atoms with Crippen LogP contribution in [0.2, 0.25) is 0 Å². The van der Waals surface area contributed by atoms with E-state index in [-0.39, 0.29) is 28.4 Å². The summed E-state index contributed by atoms with van der Waals surface area (Å²) in [5, 5.41) is 4.37. The molecule has 0 radical (unpaired) electrons. The van der Waals surface area contributed by atoms with Crippen molar-refractivity contribution in [1.82, 2.24) is 0 Å². The number of aryl methyl sites for hydroxylation is 1. The lowest BCUT2D eigenvalue weighted by molar-refractivity contribution is -0.116. The fourth-order valence-electron chi connectivity index (χ4n) is 2.88. The van der Waals surface area contributed by atoms with Crippen LogP contribution in [0, 0.1) is 6.92 Å². The molecule has 1 heterocycles. The Kier molecular flexibility index (Phi) is 5.81. The monoisotopic (exact) mass is 418 g/mol. The first kappa shape index (κ1) is 20.4. The van der Waals surface area contributed by atoms with Gasteiger partial charge in [-0.1, -0.05) is 18.2 Å². The first-order chi connectivity index (χ1) is 13.2. The molecule has 2 atom stereocenters. The number of hydrogen-bond acceptors (Lipinski definition) is 5. The summed E-state index contributed by atoms with van der Waals surface area (Å²) >= 11 is 1.39. The maximum absolute atomic E-state index is 12.9. The Labute approximate surface area is 169 Å². The van der Waals surface area contributed by atoms with Crippen molar-refractivity contribution in [3.05, 3.63) is 48.0 Å². The van der Waals surface area contributed by atoms with Crippen molar-refractivity contribution in [3.8, 4) is 0 Å². The highest BCUT2D eigenvalue weighted by atomic mass is 32.2. The quantitative estimate of drug-likeness (QED) is 0.774. The molecule has 0 fully saturated rings. The van der Waals surface area contributed by atoms with E-state index in [0.29, 0.717) is 11.4 Å². The summed E-state index contributed by atoms with van der Waals surface area (Å²) in [5.74, 6) is -0.515. The van der Waals surface area contributed by atoms with Gasteiger partial charge in [0.05, 0.1) is 21.1 Å². The molecule has 8 heteroatoms. The normalized spacial score (nSPS) is 17.4. The van der Waals surface area contributed by atoms with Crippen LogP contribution in [0.5, 0.6) is 0 Å². The van der Waals surface area contributed by atoms with Gasteiger partial charge in [0.1, 0.15) is 0 Å². The Hall–Kier alpha value is -2.32. The third kappa shape index (κ3) is 4.23. The van der Waals surface area contributed by atoms with E-state index < -0.39 is 15.1 Å². The Balaban J connectivity index is 1.75. The predicted octanol–water partition coefficient (Wildman–Crippen LogP) is 3.62. The summed E-state index contributed by atoms with van der Waals surface area (Å²) in [7, 11) is -3.72. The van der Waals surface area contributed by atoms with E-state index in [1.165, 1.54) is 30.8 Å². The molecule has 0 saturated carbocycles. The molecular formula is C20H22N2O4S2. The zero-order chi connectivity index (χ0) is 20.5. The molecule has 2 N–H and O–H groups in total. The maximum Gasteiger partial charge on any atom is 0.237 e. The van der Waals surface area contributed by atoms with Gasteiger partial charge in [-0.3, -0.25) is 9.59 Å². The number of nitrogens with one attached hydrogen (secondary N) is 2. The van der Waals surface area contributed by atoms with Crippen LogP contribution in [-0.4, -0.2) is 30.7 Å². The minimum atomic E-state index is -3.72. The Bertz CT molecular complexity index is 1030. The number of para-hydroxylation sites is 1. The van der Waals surface area contributed by atoms with Gasteiger partial charge in [-0.15, -0.1) is 11.8 Å². The van der Waals surface area contributed by atoms with Crippen LogP contribution in [0.4, 0.5) is 11.4 Å². The average molecular weight is 419 g/mol. The molecule has 2 aromatic carbocycles. The SMILES string of the molecule is Cc1ccccc1NC(=O)C[C@@H](C)S(=O)(=O)c1ccc2c(c1)NC(=O)[C@@H](C)S2. The molecule has 0 bridgehead atoms. The molecule has 0 saturated heterocycles. The zero-order valence-corrected chi connectivity index (χ0v) is 17.5. The second-order valence-corrected chi connectivity index (χ2v) is 10.6. The van der Waals surface area contributed by atoms with Gasteiger partial charge >= 0.3 is 0 Å². The number of fused-ring (bicyclic) bond motifs is 1. The summed E-state index contributed by atoms with van der Waals surface area (Å²) in [4.78, 5) is 25.1. The van der Waals surface area contributed by atoms with E-state index in [1.54, 1.807) is 19.1 Å². The molecule has 1 aliphatic heterocycles. The van der Waals surface area contributed by atoms with Crippen LogP contribution in [-0.2, 0) is 19.4 Å². The van der Waals surface area contributed by atoms with Gasteiger partial charge in [0.2, 0.25) is 11.8 Å². The van der Waals surface area contributed by atoms with Gasteiger partial charge in [-0.2, -0.15) is 0 Å². The van der Waals surface area contributed by atoms with Crippen LogP contribution in [0.15, 0.2) is 52.3 Å². The summed E-state index contributed by atoms with van der Waals surface area (Å²) in [6.07, 6.45) is -0.161. The van der Waals surface area contributed by atoms with Gasteiger partial charge < -0.3 is 10.6 Å². The molecule has 2 amide bonds. The number of amides is 2. The molecular weight excluding hydrogens is 396 g/mol. The van der Waals surface area contributed by atoms with Crippen LogP contribution < -0.4 is 10.6 Å². The van der Waals surface area contributed by atoms with Gasteiger partial charge in [-0.05, 0) is 50.6 Å².